The van der Waals surface area contributed by atoms with Crippen molar-refractivity contribution in [2.75, 3.05) is 12.0 Å². The maximum absolute atomic E-state index is 13.0. The normalized spacial score (nSPS) is 14.2. The van der Waals surface area contributed by atoms with Crippen LogP contribution in [0.4, 0.5) is 5.69 Å². The third-order valence-electron chi connectivity index (χ3n) is 4.95. The first-order valence-corrected chi connectivity index (χ1v) is 10.2. The van der Waals surface area contributed by atoms with E-state index in [1.54, 1.807) is 43.5 Å². The second kappa shape index (κ2) is 9.33. The lowest BCUT2D eigenvalue weighted by Crippen LogP contribution is -2.30. The number of para-hydroxylation sites is 1. The third kappa shape index (κ3) is 4.31. The molecule has 1 fully saturated rings. The van der Waals surface area contributed by atoms with Gasteiger partial charge >= 0.3 is 0 Å². The van der Waals surface area contributed by atoms with E-state index in [9.17, 15) is 10.1 Å². The number of methoxy groups -OCH3 is 1. The van der Waals surface area contributed by atoms with E-state index < -0.39 is 0 Å². The summed E-state index contributed by atoms with van der Waals surface area (Å²) in [5.41, 5.74) is 3.07. The predicted molar refractivity (Wildman–Crippen MR) is 126 cm³/mol. The van der Waals surface area contributed by atoms with Crippen LogP contribution in [0.15, 0.2) is 78.5 Å². The lowest BCUT2D eigenvalue weighted by Gasteiger charge is -2.14. The largest absolute Gasteiger partial charge is 0.497 e. The van der Waals surface area contributed by atoms with Crippen molar-refractivity contribution < 1.29 is 14.3 Å². The molecular weight excluding hydrogens is 422 g/mol. The molecule has 0 bridgehead atoms. The molecule has 0 unspecified atom stereocenters. The van der Waals surface area contributed by atoms with Crippen LogP contribution in [-0.2, 0) is 11.4 Å². The molecule has 1 N–H and O–H groups in total. The average Bonchev–Trinajstić information content (AvgIpc) is 3.11. The number of thiocarbonyl (C=S) groups is 1. The second-order valence-corrected chi connectivity index (χ2v) is 7.31. The van der Waals surface area contributed by atoms with Crippen molar-refractivity contribution in [3.63, 3.8) is 0 Å². The van der Waals surface area contributed by atoms with Crippen LogP contribution in [0.3, 0.4) is 0 Å². The van der Waals surface area contributed by atoms with Crippen molar-refractivity contribution in [2.45, 2.75) is 6.61 Å². The number of hydrogen-bond donors (Lipinski definition) is 1. The highest BCUT2D eigenvalue weighted by molar-refractivity contribution is 7.80. The Morgan fingerprint density at radius 1 is 1.06 bits per heavy atom. The van der Waals surface area contributed by atoms with Crippen molar-refractivity contribution in [3.8, 4) is 17.6 Å². The molecule has 6 nitrogen and oxygen atoms in total. The van der Waals surface area contributed by atoms with Gasteiger partial charge in [0.2, 0.25) is 0 Å². The van der Waals surface area contributed by atoms with E-state index in [2.05, 4.69) is 11.4 Å². The van der Waals surface area contributed by atoms with Crippen LogP contribution in [0, 0.1) is 11.3 Å². The third-order valence-corrected chi connectivity index (χ3v) is 5.23. The van der Waals surface area contributed by atoms with Crippen LogP contribution in [0.2, 0.25) is 0 Å². The zero-order chi connectivity index (χ0) is 22.5. The number of hydrogen-bond acceptors (Lipinski definition) is 5. The molecule has 1 saturated heterocycles. The number of carbonyl (C=O) groups excluding carboxylic acids is 1. The first kappa shape index (κ1) is 21.1. The molecule has 7 heteroatoms. The molecule has 0 spiro atoms. The lowest BCUT2D eigenvalue weighted by atomic mass is 10.1. The van der Waals surface area contributed by atoms with Crippen molar-refractivity contribution >= 4 is 35.0 Å². The standard InChI is InChI=1S/C25H19N3O3S/c1-30-21-12-10-20(11-13-21)28-24(29)22(27-25(28)32)14-17-6-4-5-9-23(17)31-16-19-8-3-2-7-18(19)15-26/h2-14H,16H2,1H3,(H,27,32). The number of nitrogens with zero attached hydrogens (tertiary/aromatic N) is 2. The van der Waals surface area contributed by atoms with Gasteiger partial charge in [-0.25, -0.2) is 0 Å². The van der Waals surface area contributed by atoms with Crippen molar-refractivity contribution in [3.05, 3.63) is 95.2 Å². The summed E-state index contributed by atoms with van der Waals surface area (Å²) in [6, 6.07) is 23.9. The summed E-state index contributed by atoms with van der Waals surface area (Å²) in [6.07, 6.45) is 1.71. The zero-order valence-corrected chi connectivity index (χ0v) is 18.1. The Kier molecular flexibility index (Phi) is 6.15. The summed E-state index contributed by atoms with van der Waals surface area (Å²) in [5.74, 6) is 1.03. The predicted octanol–water partition coefficient (Wildman–Crippen LogP) is 4.41. The molecule has 0 aromatic heterocycles. The van der Waals surface area contributed by atoms with Crippen LogP contribution < -0.4 is 19.7 Å². The van der Waals surface area contributed by atoms with Gasteiger partial charge < -0.3 is 14.8 Å². The smallest absolute Gasteiger partial charge is 0.281 e. The zero-order valence-electron chi connectivity index (χ0n) is 17.2. The minimum atomic E-state index is -0.259. The molecule has 1 aliphatic rings. The number of anilines is 1. The topological polar surface area (TPSA) is 74.6 Å². The van der Waals surface area contributed by atoms with Crippen LogP contribution in [0.5, 0.6) is 11.5 Å². The molecule has 158 valence electrons. The average molecular weight is 442 g/mol. The second-order valence-electron chi connectivity index (χ2n) is 6.92. The Morgan fingerprint density at radius 3 is 2.53 bits per heavy atom. The molecule has 1 heterocycles. The Hall–Kier alpha value is -4.15. The number of nitrogens with one attached hydrogen (secondary N) is 1. The number of benzene rings is 3. The highest BCUT2D eigenvalue weighted by Gasteiger charge is 2.32. The lowest BCUT2D eigenvalue weighted by molar-refractivity contribution is -0.113. The van der Waals surface area contributed by atoms with Crippen molar-refractivity contribution in [2.24, 2.45) is 0 Å². The van der Waals surface area contributed by atoms with E-state index in [-0.39, 0.29) is 12.5 Å². The minimum absolute atomic E-state index is 0.238. The number of nitriles is 1. The van der Waals surface area contributed by atoms with Gasteiger partial charge in [0.15, 0.2) is 5.11 Å². The molecule has 3 aromatic rings. The fourth-order valence-electron chi connectivity index (χ4n) is 3.30. The van der Waals surface area contributed by atoms with Gasteiger partial charge in [0.05, 0.1) is 24.4 Å². The molecule has 0 saturated carbocycles. The van der Waals surface area contributed by atoms with E-state index in [1.807, 2.05) is 42.5 Å². The first-order chi connectivity index (χ1) is 15.6. The Labute approximate surface area is 191 Å². The Morgan fingerprint density at radius 2 is 1.78 bits per heavy atom. The van der Waals surface area contributed by atoms with Crippen LogP contribution in [-0.4, -0.2) is 18.1 Å². The maximum Gasteiger partial charge on any atom is 0.281 e. The van der Waals surface area contributed by atoms with E-state index in [4.69, 9.17) is 21.7 Å². The number of carbonyl (C=O) groups is 1. The van der Waals surface area contributed by atoms with Gasteiger partial charge in [-0.05, 0) is 54.7 Å². The molecule has 1 amide bonds. The highest BCUT2D eigenvalue weighted by Crippen LogP contribution is 2.27. The first-order valence-electron chi connectivity index (χ1n) is 9.81. The van der Waals surface area contributed by atoms with Gasteiger partial charge in [0.25, 0.3) is 5.91 Å². The Bertz CT molecular complexity index is 1250. The molecule has 0 aliphatic carbocycles. The highest BCUT2D eigenvalue weighted by atomic mass is 32.1. The maximum atomic E-state index is 13.0. The van der Waals surface area contributed by atoms with Gasteiger partial charge in [0, 0.05) is 11.1 Å². The quantitative estimate of drug-likeness (QED) is 0.451. The summed E-state index contributed by atoms with van der Waals surface area (Å²) in [5, 5.41) is 12.6. The van der Waals surface area contributed by atoms with Gasteiger partial charge in [-0.1, -0.05) is 36.4 Å². The SMILES string of the molecule is COc1ccc(N2C(=O)C(=Cc3ccccc3OCc3ccccc3C#N)NC2=S)cc1. The van der Waals surface area contributed by atoms with Gasteiger partial charge in [-0.3, -0.25) is 9.69 Å². The van der Waals surface area contributed by atoms with Crippen LogP contribution in [0.1, 0.15) is 16.7 Å². The number of rotatable bonds is 6. The van der Waals surface area contributed by atoms with E-state index in [0.29, 0.717) is 33.6 Å². The van der Waals surface area contributed by atoms with Gasteiger partial charge in [-0.2, -0.15) is 5.26 Å². The van der Waals surface area contributed by atoms with Gasteiger partial charge in [-0.15, -0.1) is 0 Å². The van der Waals surface area contributed by atoms with Crippen molar-refractivity contribution in [1.29, 1.82) is 5.26 Å². The van der Waals surface area contributed by atoms with E-state index in [0.717, 1.165) is 11.1 Å². The van der Waals surface area contributed by atoms with E-state index >= 15 is 0 Å². The number of ether oxygens (including phenoxy) is 2. The fourth-order valence-corrected chi connectivity index (χ4v) is 3.60. The van der Waals surface area contributed by atoms with Crippen LogP contribution >= 0.6 is 12.2 Å². The molecule has 32 heavy (non-hydrogen) atoms. The minimum Gasteiger partial charge on any atom is -0.497 e. The summed E-state index contributed by atoms with van der Waals surface area (Å²) in [7, 11) is 1.58. The molecule has 0 radical (unpaired) electrons. The van der Waals surface area contributed by atoms with E-state index in [1.165, 1.54) is 4.90 Å². The van der Waals surface area contributed by atoms with Gasteiger partial charge in [0.1, 0.15) is 23.8 Å². The molecule has 3 aromatic carbocycles. The Balaban J connectivity index is 1.57. The summed E-state index contributed by atoms with van der Waals surface area (Å²) in [4.78, 5) is 14.5. The molecular formula is C25H19N3O3S. The molecule has 4 rings (SSSR count). The fraction of sp³-hybridized carbons (Fsp3) is 0.0800. The summed E-state index contributed by atoms with van der Waals surface area (Å²) >= 11 is 5.39. The monoisotopic (exact) mass is 441 g/mol. The molecule has 0 atom stereocenters. The van der Waals surface area contributed by atoms with Crippen LogP contribution in [0.25, 0.3) is 6.08 Å². The number of amides is 1. The summed E-state index contributed by atoms with van der Waals surface area (Å²) in [6.45, 7) is 0.238. The summed E-state index contributed by atoms with van der Waals surface area (Å²) < 4.78 is 11.2. The van der Waals surface area contributed by atoms with Crippen molar-refractivity contribution in [1.82, 2.24) is 5.32 Å². The molecule has 1 aliphatic heterocycles.